The van der Waals surface area contributed by atoms with E-state index in [0.29, 0.717) is 17.8 Å². The fourth-order valence-corrected chi connectivity index (χ4v) is 1.24. The normalized spacial score (nSPS) is 10.5. The Morgan fingerprint density at radius 1 is 1.60 bits per heavy atom. The number of aromatic nitrogens is 3. The average molecular weight is 206 g/mol. The van der Waals surface area contributed by atoms with E-state index in [9.17, 15) is 4.79 Å². The van der Waals surface area contributed by atoms with E-state index < -0.39 is 0 Å². The van der Waals surface area contributed by atoms with Gasteiger partial charge in [0.15, 0.2) is 5.65 Å². The van der Waals surface area contributed by atoms with Crippen molar-refractivity contribution in [2.75, 3.05) is 12.3 Å². The van der Waals surface area contributed by atoms with Crippen molar-refractivity contribution in [3.05, 3.63) is 23.9 Å². The number of rotatable bonds is 2. The predicted molar refractivity (Wildman–Crippen MR) is 53.4 cm³/mol. The first-order valence-corrected chi connectivity index (χ1v) is 4.49. The molecular formula is C9H10N4O2. The Labute approximate surface area is 85.7 Å². The van der Waals surface area contributed by atoms with Crippen molar-refractivity contribution >= 4 is 17.6 Å². The smallest absolute Gasteiger partial charge is 0.339 e. The SMILES string of the molecule is CCOC(=O)c1ccc2nc(N)nn2c1. The highest BCUT2D eigenvalue weighted by Crippen LogP contribution is 2.06. The number of nitrogens with two attached hydrogens (primary N) is 1. The summed E-state index contributed by atoms with van der Waals surface area (Å²) in [6, 6.07) is 3.29. The summed E-state index contributed by atoms with van der Waals surface area (Å²) in [5.74, 6) is -0.204. The number of nitrogens with zero attached hydrogens (tertiary/aromatic N) is 3. The van der Waals surface area contributed by atoms with E-state index in [1.165, 1.54) is 10.7 Å². The molecule has 0 saturated carbocycles. The van der Waals surface area contributed by atoms with E-state index in [1.807, 2.05) is 0 Å². The van der Waals surface area contributed by atoms with E-state index in [-0.39, 0.29) is 11.9 Å². The highest BCUT2D eigenvalue weighted by atomic mass is 16.5. The topological polar surface area (TPSA) is 82.5 Å². The number of hydrogen-bond donors (Lipinski definition) is 1. The summed E-state index contributed by atoms with van der Waals surface area (Å²) in [7, 11) is 0. The summed E-state index contributed by atoms with van der Waals surface area (Å²) in [4.78, 5) is 15.3. The lowest BCUT2D eigenvalue weighted by atomic mass is 10.3. The Morgan fingerprint density at radius 3 is 3.13 bits per heavy atom. The maximum absolute atomic E-state index is 11.4. The van der Waals surface area contributed by atoms with Gasteiger partial charge in [-0.05, 0) is 19.1 Å². The average Bonchev–Trinajstić information content (AvgIpc) is 2.57. The highest BCUT2D eigenvalue weighted by Gasteiger charge is 2.08. The third kappa shape index (κ3) is 1.74. The fraction of sp³-hybridized carbons (Fsp3) is 0.222. The van der Waals surface area contributed by atoms with Crippen LogP contribution >= 0.6 is 0 Å². The number of anilines is 1. The molecule has 2 aromatic heterocycles. The number of fused-ring (bicyclic) bond motifs is 1. The summed E-state index contributed by atoms with van der Waals surface area (Å²) in [5.41, 5.74) is 6.44. The zero-order chi connectivity index (χ0) is 10.8. The lowest BCUT2D eigenvalue weighted by Gasteiger charge is -2.00. The minimum absolute atomic E-state index is 0.177. The second kappa shape index (κ2) is 3.56. The molecule has 15 heavy (non-hydrogen) atoms. The van der Waals surface area contributed by atoms with Gasteiger partial charge in [0.25, 0.3) is 0 Å². The van der Waals surface area contributed by atoms with Gasteiger partial charge in [-0.2, -0.15) is 4.98 Å². The molecule has 2 N–H and O–H groups in total. The van der Waals surface area contributed by atoms with Crippen LogP contribution in [0.2, 0.25) is 0 Å². The van der Waals surface area contributed by atoms with E-state index in [1.54, 1.807) is 19.1 Å². The molecule has 0 aliphatic rings. The Kier molecular flexibility index (Phi) is 2.24. The van der Waals surface area contributed by atoms with Crippen molar-refractivity contribution in [1.29, 1.82) is 0 Å². The van der Waals surface area contributed by atoms with Gasteiger partial charge in [-0.15, -0.1) is 5.10 Å². The highest BCUT2D eigenvalue weighted by molar-refractivity contribution is 5.89. The van der Waals surface area contributed by atoms with Gasteiger partial charge in [0.1, 0.15) is 0 Å². The molecule has 6 heteroatoms. The molecule has 0 aromatic carbocycles. The third-order valence-electron chi connectivity index (χ3n) is 1.86. The molecule has 0 bridgehead atoms. The van der Waals surface area contributed by atoms with Gasteiger partial charge in [0, 0.05) is 6.20 Å². The molecule has 78 valence electrons. The number of hydrogen-bond acceptors (Lipinski definition) is 5. The molecule has 6 nitrogen and oxygen atoms in total. The van der Waals surface area contributed by atoms with Crippen LogP contribution in [0.25, 0.3) is 5.65 Å². The Bertz CT molecular complexity index is 506. The van der Waals surface area contributed by atoms with Crippen molar-refractivity contribution in [2.24, 2.45) is 0 Å². The molecule has 0 spiro atoms. The molecule has 2 rings (SSSR count). The van der Waals surface area contributed by atoms with Crippen molar-refractivity contribution in [3.8, 4) is 0 Å². The molecule has 2 aromatic rings. The lowest BCUT2D eigenvalue weighted by molar-refractivity contribution is 0.0525. The molecule has 0 saturated heterocycles. The summed E-state index contributed by atoms with van der Waals surface area (Å²) in [6.07, 6.45) is 1.54. The predicted octanol–water partition coefficient (Wildman–Crippen LogP) is 0.488. The Hall–Kier alpha value is -2.11. The molecule has 0 radical (unpaired) electrons. The molecule has 0 fully saturated rings. The van der Waals surface area contributed by atoms with Gasteiger partial charge in [0.05, 0.1) is 12.2 Å². The minimum atomic E-state index is -0.381. The van der Waals surface area contributed by atoms with E-state index in [4.69, 9.17) is 10.5 Å². The summed E-state index contributed by atoms with van der Waals surface area (Å²) < 4.78 is 6.30. The summed E-state index contributed by atoms with van der Waals surface area (Å²) >= 11 is 0. The fourth-order valence-electron chi connectivity index (χ4n) is 1.24. The molecule has 0 aliphatic heterocycles. The first kappa shape index (κ1) is 9.45. The molecule has 0 unspecified atom stereocenters. The number of nitrogen functional groups attached to an aromatic ring is 1. The van der Waals surface area contributed by atoms with E-state index in [0.717, 1.165) is 0 Å². The molecule has 2 heterocycles. The van der Waals surface area contributed by atoms with Crippen LogP contribution in [0, 0.1) is 0 Å². The maximum atomic E-state index is 11.4. The first-order valence-electron chi connectivity index (χ1n) is 4.49. The zero-order valence-corrected chi connectivity index (χ0v) is 8.17. The Balaban J connectivity index is 2.41. The van der Waals surface area contributed by atoms with Crippen LogP contribution in [0.1, 0.15) is 17.3 Å². The van der Waals surface area contributed by atoms with Crippen LogP contribution in [0.15, 0.2) is 18.3 Å². The number of ether oxygens (including phenoxy) is 1. The van der Waals surface area contributed by atoms with Gasteiger partial charge >= 0.3 is 5.97 Å². The van der Waals surface area contributed by atoms with Gasteiger partial charge in [-0.3, -0.25) is 0 Å². The second-order valence-electron chi connectivity index (χ2n) is 2.91. The minimum Gasteiger partial charge on any atom is -0.462 e. The van der Waals surface area contributed by atoms with Crippen molar-refractivity contribution in [2.45, 2.75) is 6.92 Å². The molecule has 0 aliphatic carbocycles. The van der Waals surface area contributed by atoms with Gasteiger partial charge < -0.3 is 10.5 Å². The number of pyridine rings is 1. The monoisotopic (exact) mass is 206 g/mol. The standard InChI is InChI=1S/C9H10N4O2/c1-2-15-8(14)6-3-4-7-11-9(10)12-13(7)5-6/h3-5H,2H2,1H3,(H2,10,12). The number of carbonyl (C=O) groups is 1. The largest absolute Gasteiger partial charge is 0.462 e. The van der Waals surface area contributed by atoms with Gasteiger partial charge in [0.2, 0.25) is 5.95 Å². The Morgan fingerprint density at radius 2 is 2.40 bits per heavy atom. The van der Waals surface area contributed by atoms with Gasteiger partial charge in [-0.25, -0.2) is 9.31 Å². The maximum Gasteiger partial charge on any atom is 0.339 e. The van der Waals surface area contributed by atoms with Crippen molar-refractivity contribution < 1.29 is 9.53 Å². The zero-order valence-electron chi connectivity index (χ0n) is 8.17. The third-order valence-corrected chi connectivity index (χ3v) is 1.86. The van der Waals surface area contributed by atoms with Crippen LogP contribution in [0.4, 0.5) is 5.95 Å². The van der Waals surface area contributed by atoms with Crippen LogP contribution in [0.3, 0.4) is 0 Å². The quantitative estimate of drug-likeness (QED) is 0.723. The van der Waals surface area contributed by atoms with E-state index in [2.05, 4.69) is 10.1 Å². The molecule has 0 amide bonds. The molecule has 0 atom stereocenters. The summed E-state index contributed by atoms with van der Waals surface area (Å²) in [5, 5.41) is 3.89. The van der Waals surface area contributed by atoms with Crippen LogP contribution in [0.5, 0.6) is 0 Å². The van der Waals surface area contributed by atoms with Crippen LogP contribution < -0.4 is 5.73 Å². The first-order chi connectivity index (χ1) is 7.20. The number of carbonyl (C=O) groups excluding carboxylic acids is 1. The van der Waals surface area contributed by atoms with Crippen LogP contribution in [-0.4, -0.2) is 27.2 Å². The van der Waals surface area contributed by atoms with E-state index >= 15 is 0 Å². The number of esters is 1. The summed E-state index contributed by atoms with van der Waals surface area (Å²) in [6.45, 7) is 2.10. The molecular weight excluding hydrogens is 196 g/mol. The van der Waals surface area contributed by atoms with Crippen molar-refractivity contribution in [3.63, 3.8) is 0 Å². The second-order valence-corrected chi connectivity index (χ2v) is 2.91. The lowest BCUT2D eigenvalue weighted by Crippen LogP contribution is -2.06. The van der Waals surface area contributed by atoms with Crippen molar-refractivity contribution in [1.82, 2.24) is 14.6 Å². The van der Waals surface area contributed by atoms with Crippen LogP contribution in [-0.2, 0) is 4.74 Å². The van der Waals surface area contributed by atoms with Gasteiger partial charge in [-0.1, -0.05) is 0 Å².